The van der Waals surface area contributed by atoms with E-state index in [1.807, 2.05) is 61.5 Å². The Balaban J connectivity index is 1.35. The zero-order valence-corrected chi connectivity index (χ0v) is 15.3. The Morgan fingerprint density at radius 3 is 2.68 bits per heavy atom. The molecule has 0 aliphatic heterocycles. The van der Waals surface area contributed by atoms with E-state index in [9.17, 15) is 4.79 Å². The fourth-order valence-corrected chi connectivity index (χ4v) is 2.77. The summed E-state index contributed by atoms with van der Waals surface area (Å²) in [6.07, 6.45) is 0.582. The molecule has 0 radical (unpaired) electrons. The molecule has 0 aliphatic carbocycles. The number of aryl methyl sites for hydroxylation is 1. The van der Waals surface area contributed by atoms with Crippen LogP contribution in [0.25, 0.3) is 11.3 Å². The number of carbonyl (C=O) groups excluding carboxylic acids is 1. The van der Waals surface area contributed by atoms with Crippen LogP contribution in [0.2, 0.25) is 0 Å². The maximum Gasteiger partial charge on any atom is 0.269 e. The third kappa shape index (κ3) is 4.15. The maximum atomic E-state index is 12.3. The smallest absolute Gasteiger partial charge is 0.269 e. The highest BCUT2D eigenvalue weighted by molar-refractivity contribution is 5.93. The van der Waals surface area contributed by atoms with E-state index in [2.05, 4.69) is 25.7 Å². The van der Waals surface area contributed by atoms with Crippen molar-refractivity contribution in [1.82, 2.24) is 25.7 Å². The van der Waals surface area contributed by atoms with Gasteiger partial charge in [-0.1, -0.05) is 65.3 Å². The zero-order chi connectivity index (χ0) is 19.3. The summed E-state index contributed by atoms with van der Waals surface area (Å²) in [5, 5.41) is 13.7. The minimum Gasteiger partial charge on any atom is -0.342 e. The average molecular weight is 373 g/mol. The Morgan fingerprint density at radius 1 is 1.11 bits per heavy atom. The number of amides is 1. The molecule has 0 aliphatic rings. The van der Waals surface area contributed by atoms with Crippen LogP contribution in [0, 0.1) is 6.92 Å². The number of hydrogen-bond acceptors (Lipinski definition) is 5. The summed E-state index contributed by atoms with van der Waals surface area (Å²) >= 11 is 0. The van der Waals surface area contributed by atoms with Crippen molar-refractivity contribution in [2.75, 3.05) is 0 Å². The lowest BCUT2D eigenvalue weighted by Gasteiger charge is -1.98. The molecule has 0 bridgehead atoms. The number of nitrogens with one attached hydrogen (secondary N) is 2. The molecule has 28 heavy (non-hydrogen) atoms. The number of benzene rings is 2. The van der Waals surface area contributed by atoms with E-state index in [4.69, 9.17) is 4.52 Å². The molecule has 0 fully saturated rings. The quantitative estimate of drug-likeness (QED) is 0.541. The topological polar surface area (TPSA) is 96.7 Å². The van der Waals surface area contributed by atoms with Crippen LogP contribution in [0.15, 0.2) is 65.2 Å². The molecule has 7 nitrogen and oxygen atoms in total. The second-order valence-corrected chi connectivity index (χ2v) is 6.48. The fourth-order valence-electron chi connectivity index (χ4n) is 2.77. The number of rotatable bonds is 6. The standard InChI is InChI=1S/C21H19N5O2/c1-14-7-9-16(10-8-14)17-12-18(25-24-17)21(27)22-13-20-23-19(26-28-20)11-15-5-3-2-4-6-15/h2-10,12H,11,13H2,1H3,(H,22,27)(H,24,25). The number of aromatic nitrogens is 4. The van der Waals surface area contributed by atoms with E-state index < -0.39 is 0 Å². The minimum atomic E-state index is -0.284. The SMILES string of the molecule is Cc1ccc(-c2cc(C(=O)NCc3nc(Cc4ccccc4)no3)[nH]n2)cc1. The number of aromatic amines is 1. The van der Waals surface area contributed by atoms with E-state index >= 15 is 0 Å². The molecule has 4 rings (SSSR count). The van der Waals surface area contributed by atoms with Gasteiger partial charge in [0, 0.05) is 12.0 Å². The predicted molar refractivity (Wildman–Crippen MR) is 103 cm³/mol. The summed E-state index contributed by atoms with van der Waals surface area (Å²) in [6, 6.07) is 19.6. The lowest BCUT2D eigenvalue weighted by atomic mass is 10.1. The van der Waals surface area contributed by atoms with Gasteiger partial charge >= 0.3 is 0 Å². The number of nitrogens with zero attached hydrogens (tertiary/aromatic N) is 3. The van der Waals surface area contributed by atoms with Gasteiger partial charge in [-0.05, 0) is 18.6 Å². The molecule has 1 amide bonds. The van der Waals surface area contributed by atoms with Gasteiger partial charge in [-0.25, -0.2) is 0 Å². The fraction of sp³-hybridized carbons (Fsp3) is 0.143. The zero-order valence-electron chi connectivity index (χ0n) is 15.3. The summed E-state index contributed by atoms with van der Waals surface area (Å²) in [7, 11) is 0. The van der Waals surface area contributed by atoms with Gasteiger partial charge in [-0.3, -0.25) is 9.89 Å². The molecule has 7 heteroatoms. The van der Waals surface area contributed by atoms with Crippen molar-refractivity contribution in [3.8, 4) is 11.3 Å². The van der Waals surface area contributed by atoms with E-state index in [0.717, 1.165) is 11.1 Å². The molecule has 2 aromatic carbocycles. The van der Waals surface area contributed by atoms with Crippen molar-refractivity contribution in [3.63, 3.8) is 0 Å². The molecule has 140 valence electrons. The second-order valence-electron chi connectivity index (χ2n) is 6.48. The molecule has 0 spiro atoms. The second kappa shape index (κ2) is 7.87. The number of hydrogen-bond donors (Lipinski definition) is 2. The lowest BCUT2D eigenvalue weighted by Crippen LogP contribution is -2.23. The first-order valence-corrected chi connectivity index (χ1v) is 8.93. The Kier molecular flexibility index (Phi) is 4.97. The van der Waals surface area contributed by atoms with Crippen LogP contribution >= 0.6 is 0 Å². The van der Waals surface area contributed by atoms with E-state index in [0.29, 0.717) is 29.5 Å². The van der Waals surface area contributed by atoms with E-state index in [-0.39, 0.29) is 12.5 Å². The molecular weight excluding hydrogens is 354 g/mol. The van der Waals surface area contributed by atoms with Crippen molar-refractivity contribution in [3.05, 3.63) is 89.2 Å². The molecule has 2 heterocycles. The van der Waals surface area contributed by atoms with Gasteiger partial charge in [-0.2, -0.15) is 10.1 Å². The molecule has 0 unspecified atom stereocenters. The normalized spacial score (nSPS) is 10.8. The van der Waals surface area contributed by atoms with Crippen LogP contribution in [0.5, 0.6) is 0 Å². The van der Waals surface area contributed by atoms with Crippen molar-refractivity contribution in [1.29, 1.82) is 0 Å². The molecule has 2 N–H and O–H groups in total. The number of H-pyrrole nitrogens is 1. The van der Waals surface area contributed by atoms with Crippen LogP contribution in [-0.2, 0) is 13.0 Å². The maximum absolute atomic E-state index is 12.3. The van der Waals surface area contributed by atoms with E-state index in [1.165, 1.54) is 5.56 Å². The first-order chi connectivity index (χ1) is 13.7. The molecule has 0 saturated carbocycles. The first kappa shape index (κ1) is 17.7. The van der Waals surface area contributed by atoms with Crippen LogP contribution in [-0.4, -0.2) is 26.2 Å². The third-order valence-electron chi connectivity index (χ3n) is 4.29. The van der Waals surface area contributed by atoms with Crippen molar-refractivity contribution in [2.24, 2.45) is 0 Å². The Morgan fingerprint density at radius 2 is 1.89 bits per heavy atom. The molecule has 2 aromatic heterocycles. The van der Waals surface area contributed by atoms with Gasteiger partial charge < -0.3 is 9.84 Å². The predicted octanol–water partition coefficient (Wildman–Crippen LogP) is 3.29. The van der Waals surface area contributed by atoms with Gasteiger partial charge in [0.05, 0.1) is 12.2 Å². The van der Waals surface area contributed by atoms with Gasteiger partial charge in [0.25, 0.3) is 5.91 Å². The van der Waals surface area contributed by atoms with Gasteiger partial charge in [-0.15, -0.1) is 0 Å². The summed E-state index contributed by atoms with van der Waals surface area (Å²) in [6.45, 7) is 2.18. The highest BCUT2D eigenvalue weighted by Crippen LogP contribution is 2.18. The summed E-state index contributed by atoms with van der Waals surface area (Å²) < 4.78 is 5.21. The number of carbonyl (C=O) groups is 1. The Hall–Kier alpha value is -3.74. The van der Waals surface area contributed by atoms with Crippen molar-refractivity contribution < 1.29 is 9.32 Å². The lowest BCUT2D eigenvalue weighted by molar-refractivity contribution is 0.0941. The van der Waals surface area contributed by atoms with Gasteiger partial charge in [0.1, 0.15) is 5.69 Å². The average Bonchev–Trinajstić information content (AvgIpc) is 3.37. The Bertz CT molecular complexity index is 1070. The van der Waals surface area contributed by atoms with Crippen molar-refractivity contribution >= 4 is 5.91 Å². The molecule has 0 atom stereocenters. The van der Waals surface area contributed by atoms with Crippen LogP contribution in [0.1, 0.15) is 33.3 Å². The van der Waals surface area contributed by atoms with Crippen LogP contribution in [0.4, 0.5) is 0 Å². The van der Waals surface area contributed by atoms with Gasteiger partial charge in [0.15, 0.2) is 5.82 Å². The van der Waals surface area contributed by atoms with Crippen LogP contribution < -0.4 is 5.32 Å². The molecule has 0 saturated heterocycles. The third-order valence-corrected chi connectivity index (χ3v) is 4.29. The van der Waals surface area contributed by atoms with Crippen molar-refractivity contribution in [2.45, 2.75) is 19.9 Å². The Labute approximate surface area is 161 Å². The largest absolute Gasteiger partial charge is 0.342 e. The summed E-state index contributed by atoms with van der Waals surface area (Å²) in [4.78, 5) is 16.7. The van der Waals surface area contributed by atoms with Crippen LogP contribution in [0.3, 0.4) is 0 Å². The highest BCUT2D eigenvalue weighted by Gasteiger charge is 2.13. The highest BCUT2D eigenvalue weighted by atomic mass is 16.5. The molecule has 4 aromatic rings. The first-order valence-electron chi connectivity index (χ1n) is 8.93. The monoisotopic (exact) mass is 373 g/mol. The molecular formula is C21H19N5O2. The van der Waals surface area contributed by atoms with Gasteiger partial charge in [0.2, 0.25) is 5.89 Å². The summed E-state index contributed by atoms with van der Waals surface area (Å²) in [5.74, 6) is 0.657. The minimum absolute atomic E-state index is 0.152. The van der Waals surface area contributed by atoms with E-state index in [1.54, 1.807) is 6.07 Å². The summed E-state index contributed by atoms with van der Waals surface area (Å²) in [5.41, 5.74) is 4.31.